The summed E-state index contributed by atoms with van der Waals surface area (Å²) in [6.45, 7) is -1.19. The van der Waals surface area contributed by atoms with E-state index >= 15 is 0 Å². The Morgan fingerprint density at radius 3 is 2.44 bits per heavy atom. The molecule has 0 atom stereocenters. The molecule has 2 heterocycles. The average molecular weight is 466 g/mol. The van der Waals surface area contributed by atoms with E-state index in [1.807, 2.05) is 41.2 Å². The standard InChI is InChI=1S/C25H21F3N4O2/c1-32-22-5-3-2-4-21(22)31-23(32)15-34-19-8-6-18(7-9-19)20(14-17-10-12-29-13-11-17)24(33)30-16-25(26,27)28/h2-14H,15-16H2,1H3,(H,30,33)/b20-14+. The van der Waals surface area contributed by atoms with Crippen LogP contribution in [0.5, 0.6) is 5.75 Å². The molecule has 0 bridgehead atoms. The zero-order valence-electron chi connectivity index (χ0n) is 18.2. The van der Waals surface area contributed by atoms with Crippen LogP contribution in [0.4, 0.5) is 13.2 Å². The van der Waals surface area contributed by atoms with Gasteiger partial charge in [0.2, 0.25) is 0 Å². The van der Waals surface area contributed by atoms with Crippen LogP contribution < -0.4 is 10.1 Å². The Balaban J connectivity index is 1.52. The van der Waals surface area contributed by atoms with Crippen LogP contribution in [0.2, 0.25) is 0 Å². The Hall–Kier alpha value is -4.14. The smallest absolute Gasteiger partial charge is 0.405 e. The quantitative estimate of drug-likeness (QED) is 0.399. The van der Waals surface area contributed by atoms with Crippen LogP contribution in [0.3, 0.4) is 0 Å². The van der Waals surface area contributed by atoms with Gasteiger partial charge in [-0.05, 0) is 53.6 Å². The number of aromatic nitrogens is 3. The Morgan fingerprint density at radius 2 is 1.76 bits per heavy atom. The lowest BCUT2D eigenvalue weighted by atomic mass is 10.0. The average Bonchev–Trinajstić information content (AvgIpc) is 3.16. The molecule has 1 N–H and O–H groups in total. The number of amides is 1. The normalized spacial score (nSPS) is 12.1. The van der Waals surface area contributed by atoms with Crippen molar-refractivity contribution < 1.29 is 22.7 Å². The van der Waals surface area contributed by atoms with E-state index in [1.165, 1.54) is 18.5 Å². The number of hydrogen-bond acceptors (Lipinski definition) is 4. The number of alkyl halides is 3. The number of ether oxygens (including phenoxy) is 1. The number of halogens is 3. The first-order valence-electron chi connectivity index (χ1n) is 10.4. The van der Waals surface area contributed by atoms with Crippen LogP contribution in [0.25, 0.3) is 22.7 Å². The second-order valence-electron chi connectivity index (χ2n) is 7.53. The summed E-state index contributed by atoms with van der Waals surface area (Å²) in [5, 5.41) is 1.93. The Kier molecular flexibility index (Phi) is 6.62. The predicted octanol–water partition coefficient (Wildman–Crippen LogP) is 4.77. The number of imidazole rings is 1. The number of hydrogen-bond donors (Lipinski definition) is 1. The van der Waals surface area contributed by atoms with Crippen molar-refractivity contribution in [3.8, 4) is 5.75 Å². The van der Waals surface area contributed by atoms with Gasteiger partial charge in [-0.3, -0.25) is 9.78 Å². The molecule has 0 aliphatic heterocycles. The number of fused-ring (bicyclic) bond motifs is 1. The molecule has 34 heavy (non-hydrogen) atoms. The fourth-order valence-corrected chi connectivity index (χ4v) is 3.39. The number of carbonyl (C=O) groups is 1. The number of pyridine rings is 1. The van der Waals surface area contributed by atoms with Crippen molar-refractivity contribution in [2.24, 2.45) is 7.05 Å². The summed E-state index contributed by atoms with van der Waals surface area (Å²) in [7, 11) is 1.91. The number of aryl methyl sites for hydroxylation is 1. The summed E-state index contributed by atoms with van der Waals surface area (Å²) >= 11 is 0. The maximum Gasteiger partial charge on any atom is 0.405 e. The van der Waals surface area contributed by atoms with Crippen LogP contribution in [-0.4, -0.2) is 33.2 Å². The van der Waals surface area contributed by atoms with Gasteiger partial charge in [0.15, 0.2) is 0 Å². The lowest BCUT2D eigenvalue weighted by Crippen LogP contribution is -2.34. The van der Waals surface area contributed by atoms with E-state index in [1.54, 1.807) is 36.4 Å². The molecule has 174 valence electrons. The number of para-hydroxylation sites is 2. The van der Waals surface area contributed by atoms with Gasteiger partial charge in [0.25, 0.3) is 5.91 Å². The minimum absolute atomic E-state index is 0.0948. The van der Waals surface area contributed by atoms with E-state index in [-0.39, 0.29) is 12.2 Å². The van der Waals surface area contributed by atoms with Crippen molar-refractivity contribution >= 4 is 28.6 Å². The largest absolute Gasteiger partial charge is 0.486 e. The Labute approximate surface area is 193 Å². The van der Waals surface area contributed by atoms with Crippen LogP contribution >= 0.6 is 0 Å². The van der Waals surface area contributed by atoms with Gasteiger partial charge >= 0.3 is 6.18 Å². The summed E-state index contributed by atoms with van der Waals surface area (Å²) < 4.78 is 45.6. The van der Waals surface area contributed by atoms with Gasteiger partial charge in [0.1, 0.15) is 24.7 Å². The zero-order valence-corrected chi connectivity index (χ0v) is 18.2. The van der Waals surface area contributed by atoms with Gasteiger partial charge in [-0.25, -0.2) is 4.98 Å². The predicted molar refractivity (Wildman–Crippen MR) is 123 cm³/mol. The summed E-state index contributed by atoms with van der Waals surface area (Å²) in [5.41, 5.74) is 3.04. The molecule has 0 fully saturated rings. The second-order valence-corrected chi connectivity index (χ2v) is 7.53. The number of benzene rings is 2. The van der Waals surface area contributed by atoms with Gasteiger partial charge in [0, 0.05) is 25.0 Å². The molecule has 2 aromatic carbocycles. The molecule has 0 saturated heterocycles. The molecule has 4 rings (SSSR count). The highest BCUT2D eigenvalue weighted by molar-refractivity contribution is 6.24. The number of nitrogens with zero attached hydrogens (tertiary/aromatic N) is 3. The highest BCUT2D eigenvalue weighted by atomic mass is 19.4. The van der Waals surface area contributed by atoms with Gasteiger partial charge in [0.05, 0.1) is 11.0 Å². The summed E-state index contributed by atoms with van der Waals surface area (Å²) in [5.74, 6) is 0.451. The highest BCUT2D eigenvalue weighted by Crippen LogP contribution is 2.23. The minimum Gasteiger partial charge on any atom is -0.486 e. The Bertz CT molecular complexity index is 1310. The van der Waals surface area contributed by atoms with Crippen molar-refractivity contribution in [3.63, 3.8) is 0 Å². The lowest BCUT2D eigenvalue weighted by molar-refractivity contribution is -0.135. The van der Waals surface area contributed by atoms with Crippen molar-refractivity contribution in [3.05, 3.63) is 90.0 Å². The number of carbonyl (C=O) groups excluding carboxylic acids is 1. The van der Waals surface area contributed by atoms with E-state index in [4.69, 9.17) is 4.74 Å². The van der Waals surface area contributed by atoms with Gasteiger partial charge in [-0.1, -0.05) is 24.3 Å². The molecule has 9 heteroatoms. The SMILES string of the molecule is Cn1c(COc2ccc(/C(=C\c3ccncc3)C(=O)NCC(F)(F)F)cc2)nc2ccccc21. The maximum atomic E-state index is 12.6. The number of rotatable bonds is 7. The molecule has 0 spiro atoms. The van der Waals surface area contributed by atoms with E-state index in [0.717, 1.165) is 16.9 Å². The molecule has 0 aliphatic carbocycles. The molecular weight excluding hydrogens is 445 g/mol. The third kappa shape index (κ3) is 5.61. The summed E-state index contributed by atoms with van der Waals surface area (Å²) in [4.78, 5) is 21.1. The molecule has 0 unspecified atom stereocenters. The fourth-order valence-electron chi connectivity index (χ4n) is 3.39. The first-order valence-corrected chi connectivity index (χ1v) is 10.4. The van der Waals surface area contributed by atoms with Crippen LogP contribution in [-0.2, 0) is 18.4 Å². The van der Waals surface area contributed by atoms with Crippen molar-refractivity contribution in [2.45, 2.75) is 12.8 Å². The summed E-state index contributed by atoms with van der Waals surface area (Å²) in [6.07, 6.45) is 0.0811. The molecular formula is C25H21F3N4O2. The van der Waals surface area contributed by atoms with E-state index in [9.17, 15) is 18.0 Å². The minimum atomic E-state index is -4.51. The third-order valence-corrected chi connectivity index (χ3v) is 5.12. The molecule has 6 nitrogen and oxygen atoms in total. The Morgan fingerprint density at radius 1 is 1.06 bits per heavy atom. The molecule has 0 aliphatic rings. The first-order chi connectivity index (χ1) is 16.3. The monoisotopic (exact) mass is 466 g/mol. The highest BCUT2D eigenvalue weighted by Gasteiger charge is 2.28. The van der Waals surface area contributed by atoms with Crippen molar-refractivity contribution in [1.29, 1.82) is 0 Å². The van der Waals surface area contributed by atoms with E-state index in [0.29, 0.717) is 16.9 Å². The van der Waals surface area contributed by atoms with Gasteiger partial charge < -0.3 is 14.6 Å². The molecule has 1 amide bonds. The topological polar surface area (TPSA) is 69.0 Å². The third-order valence-electron chi connectivity index (χ3n) is 5.12. The van der Waals surface area contributed by atoms with E-state index < -0.39 is 18.6 Å². The summed E-state index contributed by atoms with van der Waals surface area (Å²) in [6, 6.07) is 17.7. The molecule has 0 saturated carbocycles. The first kappa shape index (κ1) is 23.0. The van der Waals surface area contributed by atoms with E-state index in [2.05, 4.69) is 9.97 Å². The van der Waals surface area contributed by atoms with Gasteiger partial charge in [-0.15, -0.1) is 0 Å². The number of nitrogens with one attached hydrogen (secondary N) is 1. The van der Waals surface area contributed by atoms with Gasteiger partial charge in [-0.2, -0.15) is 13.2 Å². The van der Waals surface area contributed by atoms with Crippen LogP contribution in [0, 0.1) is 0 Å². The van der Waals surface area contributed by atoms with Crippen LogP contribution in [0.1, 0.15) is 17.0 Å². The molecule has 0 radical (unpaired) electrons. The lowest BCUT2D eigenvalue weighted by Gasteiger charge is -2.12. The van der Waals surface area contributed by atoms with Crippen LogP contribution in [0.15, 0.2) is 73.1 Å². The van der Waals surface area contributed by atoms with Crippen molar-refractivity contribution in [1.82, 2.24) is 19.9 Å². The molecule has 2 aromatic heterocycles. The maximum absolute atomic E-state index is 12.6. The second kappa shape index (κ2) is 9.78. The molecule has 4 aromatic rings. The zero-order chi connectivity index (χ0) is 24.1. The fraction of sp³-hybridized carbons (Fsp3) is 0.160. The van der Waals surface area contributed by atoms with Crippen molar-refractivity contribution in [2.75, 3.05) is 6.54 Å².